The molecule has 15 heavy (non-hydrogen) atoms. The van der Waals surface area contributed by atoms with Gasteiger partial charge in [-0.3, -0.25) is 9.59 Å². The van der Waals surface area contributed by atoms with Gasteiger partial charge in [-0.05, 0) is 25.3 Å². The maximum Gasteiger partial charge on any atom is 0.242 e. The minimum atomic E-state index is -0.324. The molecule has 2 amide bonds. The molecule has 0 aromatic carbocycles. The number of hydrogen-bond acceptors (Lipinski definition) is 3. The average Bonchev–Trinajstić information content (AvgIpc) is 2.77. The van der Waals surface area contributed by atoms with Crippen LogP contribution < -0.4 is 16.0 Å². The first-order valence-corrected chi connectivity index (χ1v) is 5.48. The molecule has 3 atom stereocenters. The molecule has 3 N–H and O–H groups in total. The highest BCUT2D eigenvalue weighted by molar-refractivity contribution is 5.91. The lowest BCUT2D eigenvalue weighted by Gasteiger charge is -2.14. The van der Waals surface area contributed by atoms with Crippen LogP contribution in [0.5, 0.6) is 0 Å². The second-order valence-electron chi connectivity index (χ2n) is 4.44. The molecule has 0 aromatic heterocycles. The van der Waals surface area contributed by atoms with E-state index in [2.05, 4.69) is 22.9 Å². The summed E-state index contributed by atoms with van der Waals surface area (Å²) in [5.74, 6) is 0.439. The normalized spacial score (nSPS) is 35.3. The molecule has 2 fully saturated rings. The van der Waals surface area contributed by atoms with Crippen LogP contribution in [0.3, 0.4) is 0 Å². The summed E-state index contributed by atoms with van der Waals surface area (Å²) in [4.78, 5) is 23.0. The molecule has 0 radical (unpaired) electrons. The summed E-state index contributed by atoms with van der Waals surface area (Å²) in [7, 11) is 0. The number of rotatable bonds is 2. The van der Waals surface area contributed by atoms with Crippen molar-refractivity contribution in [3.05, 3.63) is 0 Å². The van der Waals surface area contributed by atoms with Crippen molar-refractivity contribution in [2.24, 2.45) is 5.92 Å². The SMILES string of the molecule is CC1CN[C@H](C(=O)N[C@@H]2CCNC2=O)C1. The van der Waals surface area contributed by atoms with Crippen LogP contribution in [0.2, 0.25) is 0 Å². The molecule has 0 saturated carbocycles. The van der Waals surface area contributed by atoms with Crippen molar-refractivity contribution < 1.29 is 9.59 Å². The highest BCUT2D eigenvalue weighted by atomic mass is 16.2. The van der Waals surface area contributed by atoms with Crippen molar-refractivity contribution >= 4 is 11.8 Å². The monoisotopic (exact) mass is 211 g/mol. The minimum Gasteiger partial charge on any atom is -0.354 e. The van der Waals surface area contributed by atoms with Gasteiger partial charge < -0.3 is 16.0 Å². The standard InChI is InChI=1S/C10H17N3O2/c1-6-4-8(12-5-6)10(15)13-7-2-3-11-9(7)14/h6-8,12H,2-5H2,1H3,(H,11,14)(H,13,15)/t6?,7-,8+/m1/s1. The van der Waals surface area contributed by atoms with Gasteiger partial charge in [-0.1, -0.05) is 6.92 Å². The summed E-state index contributed by atoms with van der Waals surface area (Å²) in [5.41, 5.74) is 0. The lowest BCUT2D eigenvalue weighted by atomic mass is 10.1. The molecule has 1 unspecified atom stereocenters. The van der Waals surface area contributed by atoms with Gasteiger partial charge in [0, 0.05) is 6.54 Å². The van der Waals surface area contributed by atoms with E-state index in [-0.39, 0.29) is 23.9 Å². The van der Waals surface area contributed by atoms with Crippen molar-refractivity contribution in [3.63, 3.8) is 0 Å². The predicted octanol–water partition coefficient (Wildman–Crippen LogP) is -1.01. The molecule has 0 aromatic rings. The van der Waals surface area contributed by atoms with Crippen molar-refractivity contribution in [2.75, 3.05) is 13.1 Å². The van der Waals surface area contributed by atoms with Crippen LogP contribution in [-0.4, -0.2) is 37.0 Å². The van der Waals surface area contributed by atoms with E-state index in [0.717, 1.165) is 13.0 Å². The molecule has 2 aliphatic rings. The summed E-state index contributed by atoms with van der Waals surface area (Å²) >= 11 is 0. The van der Waals surface area contributed by atoms with E-state index in [4.69, 9.17) is 0 Å². The Morgan fingerprint density at radius 3 is 2.87 bits per heavy atom. The highest BCUT2D eigenvalue weighted by Crippen LogP contribution is 2.13. The fourth-order valence-corrected chi connectivity index (χ4v) is 2.12. The van der Waals surface area contributed by atoms with Crippen LogP contribution >= 0.6 is 0 Å². The van der Waals surface area contributed by atoms with E-state index >= 15 is 0 Å². The van der Waals surface area contributed by atoms with E-state index in [9.17, 15) is 9.59 Å². The average molecular weight is 211 g/mol. The van der Waals surface area contributed by atoms with Crippen molar-refractivity contribution in [2.45, 2.75) is 31.8 Å². The van der Waals surface area contributed by atoms with Gasteiger partial charge in [0.15, 0.2) is 0 Å². The van der Waals surface area contributed by atoms with Crippen LogP contribution in [-0.2, 0) is 9.59 Å². The lowest BCUT2D eigenvalue weighted by molar-refractivity contribution is -0.128. The number of amides is 2. The smallest absolute Gasteiger partial charge is 0.242 e. The number of carbonyl (C=O) groups excluding carboxylic acids is 2. The molecule has 2 aliphatic heterocycles. The molecule has 2 saturated heterocycles. The fraction of sp³-hybridized carbons (Fsp3) is 0.800. The first-order chi connectivity index (χ1) is 7.16. The summed E-state index contributed by atoms with van der Waals surface area (Å²) in [5, 5.41) is 8.63. The fourth-order valence-electron chi connectivity index (χ4n) is 2.12. The zero-order valence-corrected chi connectivity index (χ0v) is 8.88. The third-order valence-corrected chi connectivity index (χ3v) is 3.03. The maximum atomic E-state index is 11.7. The zero-order valence-electron chi connectivity index (χ0n) is 8.88. The summed E-state index contributed by atoms with van der Waals surface area (Å²) in [6.45, 7) is 3.66. The van der Waals surface area contributed by atoms with Crippen LogP contribution in [0.4, 0.5) is 0 Å². The Balaban J connectivity index is 1.84. The molecule has 0 bridgehead atoms. The van der Waals surface area contributed by atoms with Crippen molar-refractivity contribution in [1.82, 2.24) is 16.0 Å². The van der Waals surface area contributed by atoms with Gasteiger partial charge in [0.05, 0.1) is 6.04 Å². The van der Waals surface area contributed by atoms with E-state index in [1.54, 1.807) is 0 Å². The van der Waals surface area contributed by atoms with Crippen LogP contribution in [0.15, 0.2) is 0 Å². The van der Waals surface area contributed by atoms with E-state index in [1.165, 1.54) is 0 Å². The molecule has 5 heteroatoms. The first-order valence-electron chi connectivity index (χ1n) is 5.48. The van der Waals surface area contributed by atoms with Crippen LogP contribution in [0.1, 0.15) is 19.8 Å². The largest absolute Gasteiger partial charge is 0.354 e. The Morgan fingerprint density at radius 2 is 2.33 bits per heavy atom. The summed E-state index contributed by atoms with van der Waals surface area (Å²) in [6.07, 6.45) is 1.56. The second kappa shape index (κ2) is 4.18. The van der Waals surface area contributed by atoms with Crippen LogP contribution in [0.25, 0.3) is 0 Å². The summed E-state index contributed by atoms with van der Waals surface area (Å²) < 4.78 is 0. The Kier molecular flexibility index (Phi) is 2.90. The van der Waals surface area contributed by atoms with Gasteiger partial charge in [0.1, 0.15) is 6.04 Å². The number of carbonyl (C=O) groups is 2. The van der Waals surface area contributed by atoms with E-state index in [0.29, 0.717) is 18.9 Å². The first kappa shape index (κ1) is 10.4. The zero-order chi connectivity index (χ0) is 10.8. The Labute approximate surface area is 89.0 Å². The Hall–Kier alpha value is -1.10. The summed E-state index contributed by atoms with van der Waals surface area (Å²) in [6, 6.07) is -0.441. The molecule has 2 heterocycles. The lowest BCUT2D eigenvalue weighted by Crippen LogP contribution is -2.47. The second-order valence-corrected chi connectivity index (χ2v) is 4.44. The van der Waals surface area contributed by atoms with Crippen molar-refractivity contribution in [3.8, 4) is 0 Å². The third kappa shape index (κ3) is 2.28. The Morgan fingerprint density at radius 1 is 1.53 bits per heavy atom. The van der Waals surface area contributed by atoms with E-state index in [1.807, 2.05) is 0 Å². The van der Waals surface area contributed by atoms with Crippen LogP contribution in [0, 0.1) is 5.92 Å². The quantitative estimate of drug-likeness (QED) is 0.548. The van der Waals surface area contributed by atoms with Gasteiger partial charge in [0.2, 0.25) is 11.8 Å². The number of nitrogens with one attached hydrogen (secondary N) is 3. The molecule has 84 valence electrons. The maximum absolute atomic E-state index is 11.7. The highest BCUT2D eigenvalue weighted by Gasteiger charge is 2.31. The van der Waals surface area contributed by atoms with Gasteiger partial charge >= 0.3 is 0 Å². The van der Waals surface area contributed by atoms with Gasteiger partial charge in [-0.25, -0.2) is 0 Å². The molecule has 5 nitrogen and oxygen atoms in total. The third-order valence-electron chi connectivity index (χ3n) is 3.03. The molecule has 2 rings (SSSR count). The van der Waals surface area contributed by atoms with Gasteiger partial charge in [-0.2, -0.15) is 0 Å². The Bertz CT molecular complexity index is 280. The molecule has 0 spiro atoms. The van der Waals surface area contributed by atoms with Gasteiger partial charge in [-0.15, -0.1) is 0 Å². The van der Waals surface area contributed by atoms with E-state index < -0.39 is 0 Å². The molecule has 0 aliphatic carbocycles. The minimum absolute atomic E-state index is 0.0404. The topological polar surface area (TPSA) is 70.2 Å². The molecular formula is C10H17N3O2. The molecular weight excluding hydrogens is 194 g/mol. The van der Waals surface area contributed by atoms with Gasteiger partial charge in [0.25, 0.3) is 0 Å². The predicted molar refractivity (Wildman–Crippen MR) is 55.1 cm³/mol. The van der Waals surface area contributed by atoms with Crippen molar-refractivity contribution in [1.29, 1.82) is 0 Å². The number of hydrogen-bond donors (Lipinski definition) is 3.